The summed E-state index contributed by atoms with van der Waals surface area (Å²) in [6.45, 7) is 1.68. The van der Waals surface area contributed by atoms with Gasteiger partial charge in [-0.05, 0) is 12.1 Å². The van der Waals surface area contributed by atoms with Crippen molar-refractivity contribution in [3.63, 3.8) is 0 Å². The van der Waals surface area contributed by atoms with Crippen LogP contribution in [-0.2, 0) is 13.0 Å². The van der Waals surface area contributed by atoms with Gasteiger partial charge in [0.15, 0.2) is 11.6 Å². The van der Waals surface area contributed by atoms with Gasteiger partial charge in [-0.15, -0.1) is 0 Å². The third-order valence-electron chi connectivity index (χ3n) is 4.02. The van der Waals surface area contributed by atoms with E-state index >= 15 is 0 Å². The highest BCUT2D eigenvalue weighted by Crippen LogP contribution is 2.37. The molecule has 3 heterocycles. The Labute approximate surface area is 120 Å². The van der Waals surface area contributed by atoms with E-state index in [1.54, 1.807) is 6.20 Å². The minimum atomic E-state index is -0.380. The lowest BCUT2D eigenvalue weighted by Gasteiger charge is -2.14. The van der Waals surface area contributed by atoms with E-state index < -0.39 is 0 Å². The molecule has 0 aliphatic carbocycles. The van der Waals surface area contributed by atoms with E-state index in [9.17, 15) is 4.39 Å². The van der Waals surface area contributed by atoms with E-state index in [4.69, 9.17) is 4.74 Å². The maximum absolute atomic E-state index is 14.3. The molecule has 0 bridgehead atoms. The van der Waals surface area contributed by atoms with Gasteiger partial charge in [-0.25, -0.2) is 4.39 Å². The van der Waals surface area contributed by atoms with Gasteiger partial charge in [0.2, 0.25) is 0 Å². The molecule has 1 aromatic carbocycles. The fourth-order valence-corrected chi connectivity index (χ4v) is 3.02. The van der Waals surface area contributed by atoms with Gasteiger partial charge in [-0.3, -0.25) is 5.10 Å². The van der Waals surface area contributed by atoms with Gasteiger partial charge in [-0.2, -0.15) is 5.10 Å². The lowest BCUT2D eigenvalue weighted by Crippen LogP contribution is -2.23. The first-order valence-corrected chi connectivity index (χ1v) is 6.90. The number of aromatic amines is 2. The third kappa shape index (κ3) is 1.76. The smallest absolute Gasteiger partial charge is 0.178 e. The molecule has 0 fully saturated rings. The zero-order valence-corrected chi connectivity index (χ0v) is 11.6. The summed E-state index contributed by atoms with van der Waals surface area (Å²) in [5, 5.41) is 11.7. The summed E-state index contributed by atoms with van der Waals surface area (Å²) in [4.78, 5) is 3.05. The van der Waals surface area contributed by atoms with Gasteiger partial charge in [0.25, 0.3) is 0 Å². The number of hydrogen-bond donors (Lipinski definition) is 3. The third-order valence-corrected chi connectivity index (χ3v) is 4.02. The monoisotopic (exact) mass is 286 g/mol. The van der Waals surface area contributed by atoms with Crippen molar-refractivity contribution >= 4 is 10.9 Å². The standard InChI is InChI=1S/C15H15FN4O/c1-21-15-11(16)6-9(8-2-5-18-14(8)15)13-10-7-17-4-3-12(10)19-20-13/h2,5-6,17-18H,3-4,7H2,1H3,(H,19,20). The van der Waals surface area contributed by atoms with Gasteiger partial charge in [-0.1, -0.05) is 0 Å². The second kappa shape index (κ2) is 4.60. The SMILES string of the molecule is COc1c(F)cc(-c2[nH]nc3c2CNCC3)c2cc[nH]c12. The molecule has 5 nitrogen and oxygen atoms in total. The lowest BCUT2D eigenvalue weighted by molar-refractivity contribution is 0.391. The molecule has 0 radical (unpaired) electrons. The van der Waals surface area contributed by atoms with Crippen LogP contribution < -0.4 is 10.1 Å². The number of rotatable bonds is 2. The Balaban J connectivity index is 1.99. The molecule has 3 aromatic rings. The number of ether oxygens (including phenoxy) is 1. The maximum atomic E-state index is 14.3. The lowest BCUT2D eigenvalue weighted by atomic mass is 9.99. The normalized spacial score (nSPS) is 14.4. The average molecular weight is 286 g/mol. The van der Waals surface area contributed by atoms with Gasteiger partial charge < -0.3 is 15.0 Å². The number of nitrogens with zero attached hydrogens (tertiary/aromatic N) is 1. The van der Waals surface area contributed by atoms with Crippen LogP contribution in [0, 0.1) is 5.82 Å². The van der Waals surface area contributed by atoms with E-state index in [1.807, 2.05) is 6.07 Å². The predicted octanol–water partition coefficient (Wildman–Crippen LogP) is 2.35. The molecule has 0 saturated heterocycles. The first-order valence-electron chi connectivity index (χ1n) is 6.90. The summed E-state index contributed by atoms with van der Waals surface area (Å²) >= 11 is 0. The van der Waals surface area contributed by atoms with Crippen LogP contribution >= 0.6 is 0 Å². The van der Waals surface area contributed by atoms with Crippen LogP contribution in [0.25, 0.3) is 22.2 Å². The van der Waals surface area contributed by atoms with Crippen LogP contribution in [0.1, 0.15) is 11.3 Å². The Morgan fingerprint density at radius 1 is 1.38 bits per heavy atom. The second-order valence-corrected chi connectivity index (χ2v) is 5.16. The summed E-state index contributed by atoms with van der Waals surface area (Å²) in [7, 11) is 1.47. The fraction of sp³-hybridized carbons (Fsp3) is 0.267. The van der Waals surface area contributed by atoms with Crippen LogP contribution in [0.2, 0.25) is 0 Å². The average Bonchev–Trinajstić information content (AvgIpc) is 3.13. The number of methoxy groups -OCH3 is 1. The van der Waals surface area contributed by atoms with Crippen LogP contribution in [-0.4, -0.2) is 28.8 Å². The van der Waals surface area contributed by atoms with Crippen LogP contribution in [0.15, 0.2) is 18.3 Å². The zero-order chi connectivity index (χ0) is 14.4. The van der Waals surface area contributed by atoms with Crippen molar-refractivity contribution < 1.29 is 9.13 Å². The molecule has 21 heavy (non-hydrogen) atoms. The Morgan fingerprint density at radius 2 is 2.29 bits per heavy atom. The molecular formula is C15H15FN4O. The number of aromatic nitrogens is 3. The summed E-state index contributed by atoms with van der Waals surface area (Å²) in [5.41, 5.74) is 4.53. The summed E-state index contributed by atoms with van der Waals surface area (Å²) in [6, 6.07) is 3.44. The topological polar surface area (TPSA) is 65.7 Å². The highest BCUT2D eigenvalue weighted by Gasteiger charge is 2.22. The van der Waals surface area contributed by atoms with Crippen molar-refractivity contribution in [2.75, 3.05) is 13.7 Å². The number of H-pyrrole nitrogens is 2. The van der Waals surface area contributed by atoms with Gasteiger partial charge in [0.1, 0.15) is 0 Å². The molecule has 0 saturated carbocycles. The van der Waals surface area contributed by atoms with E-state index in [0.29, 0.717) is 5.52 Å². The molecule has 0 amide bonds. The van der Waals surface area contributed by atoms with E-state index in [-0.39, 0.29) is 11.6 Å². The first-order chi connectivity index (χ1) is 10.3. The molecule has 6 heteroatoms. The minimum absolute atomic E-state index is 0.241. The molecule has 4 rings (SSSR count). The number of fused-ring (bicyclic) bond motifs is 2. The summed E-state index contributed by atoms with van der Waals surface area (Å²) < 4.78 is 19.4. The Hall–Kier alpha value is -2.34. The molecule has 1 aliphatic rings. The van der Waals surface area contributed by atoms with Crippen molar-refractivity contribution in [2.24, 2.45) is 0 Å². The van der Waals surface area contributed by atoms with Gasteiger partial charge >= 0.3 is 0 Å². The molecule has 0 atom stereocenters. The number of halogens is 1. The number of nitrogens with one attached hydrogen (secondary N) is 3. The molecule has 1 aliphatic heterocycles. The van der Waals surface area contributed by atoms with Crippen molar-refractivity contribution in [1.82, 2.24) is 20.5 Å². The highest BCUT2D eigenvalue weighted by atomic mass is 19.1. The van der Waals surface area contributed by atoms with Gasteiger partial charge in [0.05, 0.1) is 24.0 Å². The van der Waals surface area contributed by atoms with E-state index in [0.717, 1.165) is 47.4 Å². The summed E-state index contributed by atoms with van der Waals surface area (Å²) in [5.74, 6) is -0.139. The Kier molecular flexibility index (Phi) is 2.71. The van der Waals surface area contributed by atoms with Crippen molar-refractivity contribution in [2.45, 2.75) is 13.0 Å². The fourth-order valence-electron chi connectivity index (χ4n) is 3.02. The quantitative estimate of drug-likeness (QED) is 0.677. The highest BCUT2D eigenvalue weighted by molar-refractivity contribution is 5.98. The Bertz CT molecular complexity index is 821. The largest absolute Gasteiger partial charge is 0.492 e. The number of hydrogen-bond acceptors (Lipinski definition) is 3. The maximum Gasteiger partial charge on any atom is 0.178 e. The van der Waals surface area contributed by atoms with Crippen LogP contribution in [0.5, 0.6) is 5.75 Å². The van der Waals surface area contributed by atoms with Crippen molar-refractivity contribution in [3.8, 4) is 17.0 Å². The van der Waals surface area contributed by atoms with E-state index in [1.165, 1.54) is 13.2 Å². The molecular weight excluding hydrogens is 271 g/mol. The minimum Gasteiger partial charge on any atom is -0.492 e. The van der Waals surface area contributed by atoms with Gasteiger partial charge in [0, 0.05) is 42.2 Å². The first kappa shape index (κ1) is 12.4. The number of benzene rings is 1. The van der Waals surface area contributed by atoms with Crippen LogP contribution in [0.3, 0.4) is 0 Å². The molecule has 0 spiro atoms. The van der Waals surface area contributed by atoms with Crippen molar-refractivity contribution in [3.05, 3.63) is 35.4 Å². The van der Waals surface area contributed by atoms with Crippen molar-refractivity contribution in [1.29, 1.82) is 0 Å². The Morgan fingerprint density at radius 3 is 3.14 bits per heavy atom. The zero-order valence-electron chi connectivity index (χ0n) is 11.6. The van der Waals surface area contributed by atoms with E-state index in [2.05, 4.69) is 20.5 Å². The predicted molar refractivity (Wildman–Crippen MR) is 77.8 cm³/mol. The molecule has 2 aromatic heterocycles. The molecule has 3 N–H and O–H groups in total. The second-order valence-electron chi connectivity index (χ2n) is 5.16. The molecule has 108 valence electrons. The molecule has 0 unspecified atom stereocenters. The summed E-state index contributed by atoms with van der Waals surface area (Å²) in [6.07, 6.45) is 2.68. The van der Waals surface area contributed by atoms with Crippen LogP contribution in [0.4, 0.5) is 4.39 Å².